The van der Waals surface area contributed by atoms with Crippen molar-refractivity contribution in [1.82, 2.24) is 9.78 Å². The second kappa shape index (κ2) is 4.30. The van der Waals surface area contributed by atoms with Crippen LogP contribution in [0.3, 0.4) is 0 Å². The molecule has 0 aliphatic rings. The van der Waals surface area contributed by atoms with Gasteiger partial charge in [0.25, 0.3) is 0 Å². The molecule has 74 valence electrons. The molecule has 0 spiro atoms. The van der Waals surface area contributed by atoms with Crippen LogP contribution in [0.4, 0.5) is 5.82 Å². The van der Waals surface area contributed by atoms with Crippen molar-refractivity contribution in [3.8, 4) is 0 Å². The van der Waals surface area contributed by atoms with Crippen molar-refractivity contribution in [1.29, 1.82) is 0 Å². The summed E-state index contributed by atoms with van der Waals surface area (Å²) >= 11 is 0. The largest absolute Gasteiger partial charge is 0.366 e. The molecular formula is C10H19N3. The Morgan fingerprint density at radius 2 is 2.15 bits per heavy atom. The molecule has 3 nitrogen and oxygen atoms in total. The van der Waals surface area contributed by atoms with Gasteiger partial charge in [-0.25, -0.2) is 0 Å². The van der Waals surface area contributed by atoms with Gasteiger partial charge in [0.2, 0.25) is 0 Å². The average molecular weight is 181 g/mol. The highest BCUT2D eigenvalue weighted by atomic mass is 15.3. The lowest BCUT2D eigenvalue weighted by Gasteiger charge is -2.14. The Balaban J connectivity index is 2.40. The first-order valence-electron chi connectivity index (χ1n) is 4.84. The number of hydrogen-bond donors (Lipinski definition) is 1. The van der Waals surface area contributed by atoms with Crippen LogP contribution in [0.2, 0.25) is 0 Å². The Kier molecular flexibility index (Phi) is 3.34. The van der Waals surface area contributed by atoms with E-state index in [0.717, 1.165) is 11.7 Å². The molecule has 3 heteroatoms. The molecule has 1 heterocycles. The van der Waals surface area contributed by atoms with Crippen LogP contribution < -0.4 is 5.32 Å². The predicted molar refractivity (Wildman–Crippen MR) is 55.7 cm³/mol. The molecule has 13 heavy (non-hydrogen) atoms. The van der Waals surface area contributed by atoms with Gasteiger partial charge in [0.1, 0.15) is 5.82 Å². The van der Waals surface area contributed by atoms with Crippen molar-refractivity contribution in [3.63, 3.8) is 0 Å². The number of nitrogens with zero attached hydrogens (tertiary/aromatic N) is 2. The van der Waals surface area contributed by atoms with Crippen LogP contribution in [0.25, 0.3) is 0 Å². The summed E-state index contributed by atoms with van der Waals surface area (Å²) in [6, 6.07) is 2.49. The maximum absolute atomic E-state index is 4.26. The summed E-state index contributed by atoms with van der Waals surface area (Å²) in [5.41, 5.74) is 0. The molecule has 0 fully saturated rings. The molecule has 1 aromatic rings. The molecule has 0 saturated heterocycles. The van der Waals surface area contributed by atoms with E-state index >= 15 is 0 Å². The SMILES string of the molecule is CC(C)CC(C)Nc1ccn(C)n1. The Labute approximate surface area is 80.1 Å². The summed E-state index contributed by atoms with van der Waals surface area (Å²) in [5.74, 6) is 1.70. The van der Waals surface area contributed by atoms with Gasteiger partial charge >= 0.3 is 0 Å². The summed E-state index contributed by atoms with van der Waals surface area (Å²) in [5, 5.41) is 7.63. The number of nitrogens with one attached hydrogen (secondary N) is 1. The minimum absolute atomic E-state index is 0.495. The van der Waals surface area contributed by atoms with E-state index in [-0.39, 0.29) is 0 Å². The molecule has 0 radical (unpaired) electrons. The maximum Gasteiger partial charge on any atom is 0.148 e. The van der Waals surface area contributed by atoms with Crippen molar-refractivity contribution in [3.05, 3.63) is 12.3 Å². The van der Waals surface area contributed by atoms with Gasteiger partial charge in [-0.05, 0) is 19.3 Å². The summed E-state index contributed by atoms with van der Waals surface area (Å²) in [7, 11) is 1.93. The van der Waals surface area contributed by atoms with Crippen LogP contribution in [-0.2, 0) is 7.05 Å². The summed E-state index contributed by atoms with van der Waals surface area (Å²) < 4.78 is 1.81. The zero-order valence-corrected chi connectivity index (χ0v) is 8.91. The van der Waals surface area contributed by atoms with Crippen molar-refractivity contribution in [2.75, 3.05) is 5.32 Å². The first-order valence-corrected chi connectivity index (χ1v) is 4.84. The van der Waals surface area contributed by atoms with E-state index in [1.165, 1.54) is 6.42 Å². The lowest BCUT2D eigenvalue weighted by Crippen LogP contribution is -2.17. The van der Waals surface area contributed by atoms with Gasteiger partial charge < -0.3 is 5.32 Å². The van der Waals surface area contributed by atoms with E-state index in [1.807, 2.05) is 24.0 Å². The molecule has 1 atom stereocenters. The van der Waals surface area contributed by atoms with Crippen LogP contribution in [-0.4, -0.2) is 15.8 Å². The summed E-state index contributed by atoms with van der Waals surface area (Å²) in [4.78, 5) is 0. The van der Waals surface area contributed by atoms with Crippen molar-refractivity contribution in [2.45, 2.75) is 33.2 Å². The third kappa shape index (κ3) is 3.49. The molecule has 1 N–H and O–H groups in total. The van der Waals surface area contributed by atoms with E-state index in [1.54, 1.807) is 0 Å². The lowest BCUT2D eigenvalue weighted by molar-refractivity contribution is 0.538. The molecule has 0 saturated carbocycles. The molecule has 1 unspecified atom stereocenters. The number of aromatic nitrogens is 2. The number of rotatable bonds is 4. The van der Waals surface area contributed by atoms with Crippen LogP contribution in [0.15, 0.2) is 12.3 Å². The normalized spacial score (nSPS) is 13.3. The van der Waals surface area contributed by atoms with Crippen molar-refractivity contribution in [2.24, 2.45) is 13.0 Å². The molecule has 0 aliphatic heterocycles. The molecule has 1 aromatic heterocycles. The Hall–Kier alpha value is -0.990. The first-order chi connectivity index (χ1) is 6.08. The predicted octanol–water partition coefficient (Wildman–Crippen LogP) is 2.27. The summed E-state index contributed by atoms with van der Waals surface area (Å²) in [6.45, 7) is 6.65. The van der Waals surface area contributed by atoms with Gasteiger partial charge in [-0.15, -0.1) is 0 Å². The fourth-order valence-corrected chi connectivity index (χ4v) is 1.51. The van der Waals surface area contributed by atoms with Crippen molar-refractivity contribution < 1.29 is 0 Å². The van der Waals surface area contributed by atoms with Crippen LogP contribution >= 0.6 is 0 Å². The number of anilines is 1. The highest BCUT2D eigenvalue weighted by Crippen LogP contribution is 2.09. The first kappa shape index (κ1) is 10.1. The fraction of sp³-hybridized carbons (Fsp3) is 0.700. The fourth-order valence-electron chi connectivity index (χ4n) is 1.51. The van der Waals surface area contributed by atoms with E-state index in [2.05, 4.69) is 31.2 Å². The monoisotopic (exact) mass is 181 g/mol. The highest BCUT2D eigenvalue weighted by Gasteiger charge is 2.05. The smallest absolute Gasteiger partial charge is 0.148 e. The van der Waals surface area contributed by atoms with E-state index in [9.17, 15) is 0 Å². The zero-order valence-electron chi connectivity index (χ0n) is 8.91. The Morgan fingerprint density at radius 3 is 2.62 bits per heavy atom. The van der Waals surface area contributed by atoms with Gasteiger partial charge in [-0.3, -0.25) is 4.68 Å². The second-order valence-electron chi connectivity index (χ2n) is 4.05. The molecular weight excluding hydrogens is 162 g/mol. The highest BCUT2D eigenvalue weighted by molar-refractivity contribution is 5.33. The third-order valence-electron chi connectivity index (χ3n) is 1.93. The Bertz CT molecular complexity index is 252. The number of aryl methyl sites for hydroxylation is 1. The van der Waals surface area contributed by atoms with Gasteiger partial charge in [0.15, 0.2) is 0 Å². The minimum Gasteiger partial charge on any atom is -0.366 e. The van der Waals surface area contributed by atoms with E-state index in [4.69, 9.17) is 0 Å². The Morgan fingerprint density at radius 1 is 1.46 bits per heavy atom. The summed E-state index contributed by atoms with van der Waals surface area (Å²) in [6.07, 6.45) is 3.13. The van der Waals surface area contributed by atoms with E-state index in [0.29, 0.717) is 6.04 Å². The minimum atomic E-state index is 0.495. The maximum atomic E-state index is 4.26. The molecule has 0 amide bonds. The van der Waals surface area contributed by atoms with Gasteiger partial charge in [-0.2, -0.15) is 5.10 Å². The van der Waals surface area contributed by atoms with Crippen LogP contribution in [0, 0.1) is 5.92 Å². The molecule has 0 aromatic carbocycles. The molecule has 0 aliphatic carbocycles. The van der Waals surface area contributed by atoms with Crippen LogP contribution in [0.5, 0.6) is 0 Å². The second-order valence-corrected chi connectivity index (χ2v) is 4.05. The number of hydrogen-bond acceptors (Lipinski definition) is 2. The van der Waals surface area contributed by atoms with E-state index < -0.39 is 0 Å². The average Bonchev–Trinajstić information content (AvgIpc) is 2.33. The quantitative estimate of drug-likeness (QED) is 0.772. The standard InChI is InChI=1S/C10H19N3/c1-8(2)7-9(3)11-10-5-6-13(4)12-10/h5-6,8-9H,7H2,1-4H3,(H,11,12). The topological polar surface area (TPSA) is 29.9 Å². The van der Waals surface area contributed by atoms with Crippen molar-refractivity contribution >= 4 is 5.82 Å². The van der Waals surface area contributed by atoms with Gasteiger partial charge in [0.05, 0.1) is 0 Å². The van der Waals surface area contributed by atoms with Gasteiger partial charge in [0, 0.05) is 25.4 Å². The van der Waals surface area contributed by atoms with Gasteiger partial charge in [-0.1, -0.05) is 13.8 Å². The zero-order chi connectivity index (χ0) is 9.84. The third-order valence-corrected chi connectivity index (χ3v) is 1.93. The van der Waals surface area contributed by atoms with Crippen LogP contribution in [0.1, 0.15) is 27.2 Å². The molecule has 0 bridgehead atoms. The molecule has 1 rings (SSSR count). The lowest BCUT2D eigenvalue weighted by atomic mass is 10.1.